The summed E-state index contributed by atoms with van der Waals surface area (Å²) in [5.74, 6) is -3.92. The second kappa shape index (κ2) is 7.39. The molecule has 0 radical (unpaired) electrons. The maximum Gasteiger partial charge on any atom is 0.344 e. The highest BCUT2D eigenvalue weighted by molar-refractivity contribution is 7.78. The lowest BCUT2D eigenvalue weighted by Crippen LogP contribution is -2.41. The number of carbonyl (C=O) groups is 1. The van der Waals surface area contributed by atoms with Crippen LogP contribution in [0.25, 0.3) is 0 Å². The number of aliphatic hydroxyl groups excluding tert-OH is 3. The van der Waals surface area contributed by atoms with E-state index >= 15 is 0 Å². The van der Waals surface area contributed by atoms with Crippen molar-refractivity contribution in [1.29, 1.82) is 0 Å². The third kappa shape index (κ3) is 3.02. The van der Waals surface area contributed by atoms with Crippen LogP contribution in [0.1, 0.15) is 47.0 Å². The van der Waals surface area contributed by atoms with Gasteiger partial charge < -0.3 is 20.4 Å². The van der Waals surface area contributed by atoms with Gasteiger partial charge in [0.1, 0.15) is 7.26 Å². The van der Waals surface area contributed by atoms with Crippen molar-refractivity contribution in [3.05, 3.63) is 0 Å². The van der Waals surface area contributed by atoms with E-state index in [4.69, 9.17) is 0 Å². The van der Waals surface area contributed by atoms with Crippen molar-refractivity contribution >= 4 is 13.2 Å². The largest absolute Gasteiger partial charge is 0.478 e. The number of carboxylic acids is 1. The summed E-state index contributed by atoms with van der Waals surface area (Å²) in [6, 6.07) is 0. The average Bonchev–Trinajstić information content (AvgIpc) is 2.37. The summed E-state index contributed by atoms with van der Waals surface area (Å²) in [4.78, 5) is 11.3. The first-order valence-electron chi connectivity index (χ1n) is 6.45. The van der Waals surface area contributed by atoms with Crippen LogP contribution in [0.3, 0.4) is 0 Å². The molecule has 108 valence electrons. The SMILES string of the molecule is CCC(O)[P+](C(O)CC)(C(O)CC)C(C)C(=O)O. The minimum atomic E-state index is -2.85. The molecule has 4 atom stereocenters. The number of hydrogen-bond donors (Lipinski definition) is 4. The van der Waals surface area contributed by atoms with E-state index in [1.165, 1.54) is 6.92 Å². The van der Waals surface area contributed by atoms with E-state index in [0.29, 0.717) is 19.3 Å². The summed E-state index contributed by atoms with van der Waals surface area (Å²) >= 11 is 0. The van der Waals surface area contributed by atoms with Crippen molar-refractivity contribution in [3.63, 3.8) is 0 Å². The molecular weight excluding hydrogens is 255 g/mol. The molecule has 0 fully saturated rings. The van der Waals surface area contributed by atoms with Crippen molar-refractivity contribution in [2.24, 2.45) is 0 Å². The second-order valence-corrected chi connectivity index (χ2v) is 8.93. The minimum absolute atomic E-state index is 0.333. The van der Waals surface area contributed by atoms with Crippen molar-refractivity contribution in [3.8, 4) is 0 Å². The fraction of sp³-hybridized carbons (Fsp3) is 0.917. The topological polar surface area (TPSA) is 98.0 Å². The van der Waals surface area contributed by atoms with E-state index in [9.17, 15) is 25.2 Å². The van der Waals surface area contributed by atoms with E-state index < -0.39 is 36.4 Å². The van der Waals surface area contributed by atoms with Gasteiger partial charge in [-0.05, 0) is 6.92 Å². The van der Waals surface area contributed by atoms with Crippen LogP contribution < -0.4 is 0 Å². The van der Waals surface area contributed by atoms with E-state index in [1.54, 1.807) is 20.8 Å². The second-order valence-electron chi connectivity index (χ2n) is 4.58. The van der Waals surface area contributed by atoms with Crippen molar-refractivity contribution < 1.29 is 25.2 Å². The summed E-state index contributed by atoms with van der Waals surface area (Å²) in [7, 11) is -2.85. The van der Waals surface area contributed by atoms with Crippen LogP contribution in [0.5, 0.6) is 0 Å². The molecule has 4 N–H and O–H groups in total. The molecule has 5 nitrogen and oxygen atoms in total. The highest BCUT2D eigenvalue weighted by Gasteiger charge is 2.61. The van der Waals surface area contributed by atoms with Gasteiger partial charge >= 0.3 is 5.97 Å². The first-order valence-corrected chi connectivity index (χ1v) is 8.51. The molecule has 0 aliphatic carbocycles. The zero-order valence-electron chi connectivity index (χ0n) is 11.6. The summed E-state index contributed by atoms with van der Waals surface area (Å²) < 4.78 is 0. The third-order valence-corrected chi connectivity index (χ3v) is 9.43. The maximum atomic E-state index is 11.3. The number of aliphatic hydroxyl groups is 3. The van der Waals surface area contributed by atoms with Crippen molar-refractivity contribution in [1.82, 2.24) is 0 Å². The molecule has 0 amide bonds. The Labute approximate surface area is 109 Å². The molecule has 0 aromatic heterocycles. The quantitative estimate of drug-likeness (QED) is 0.507. The summed E-state index contributed by atoms with van der Waals surface area (Å²) in [5, 5.41) is 40.0. The smallest absolute Gasteiger partial charge is 0.344 e. The van der Waals surface area contributed by atoms with Crippen LogP contribution >= 0.6 is 7.26 Å². The molecule has 0 heterocycles. The first kappa shape index (κ1) is 17.8. The van der Waals surface area contributed by atoms with Gasteiger partial charge in [0.25, 0.3) is 0 Å². The molecule has 6 heteroatoms. The zero-order chi connectivity index (χ0) is 14.5. The van der Waals surface area contributed by atoms with Gasteiger partial charge in [0.2, 0.25) is 0 Å². The Bertz CT molecular complexity index is 245. The summed E-state index contributed by atoms with van der Waals surface area (Å²) in [5.41, 5.74) is -0.919. The van der Waals surface area contributed by atoms with E-state index in [0.717, 1.165) is 0 Å². The number of aliphatic carboxylic acids is 1. The predicted octanol–water partition coefficient (Wildman–Crippen LogP) is 1.66. The molecule has 0 bridgehead atoms. The Morgan fingerprint density at radius 2 is 1.22 bits per heavy atom. The predicted molar refractivity (Wildman–Crippen MR) is 72.9 cm³/mol. The van der Waals surface area contributed by atoms with E-state index in [1.807, 2.05) is 0 Å². The van der Waals surface area contributed by atoms with Gasteiger partial charge in [0, 0.05) is 19.3 Å². The molecule has 4 unspecified atom stereocenters. The molecule has 18 heavy (non-hydrogen) atoms. The fourth-order valence-corrected chi connectivity index (χ4v) is 7.53. The number of hydrogen-bond acceptors (Lipinski definition) is 4. The van der Waals surface area contributed by atoms with Crippen LogP contribution in [0.15, 0.2) is 0 Å². The lowest BCUT2D eigenvalue weighted by Gasteiger charge is -2.40. The molecule has 0 aliphatic heterocycles. The molecule has 0 rings (SSSR count). The average molecular weight is 281 g/mol. The standard InChI is InChI=1S/C12H25O5P/c1-5-9(13)18(10(14)6-2,11(15)7-3)8(4)12(16)17/h8-11,13-15H,5-7H2,1-4H3/p+1. The Balaban J connectivity index is 5.76. The molecule has 0 saturated carbocycles. The van der Waals surface area contributed by atoms with Gasteiger partial charge in [-0.25, -0.2) is 4.79 Å². The van der Waals surface area contributed by atoms with Gasteiger partial charge in [-0.2, -0.15) is 0 Å². The van der Waals surface area contributed by atoms with Gasteiger partial charge in [0.05, 0.1) is 0 Å². The van der Waals surface area contributed by atoms with Crippen LogP contribution in [-0.2, 0) is 4.79 Å². The van der Waals surface area contributed by atoms with Crippen molar-refractivity contribution in [2.45, 2.75) is 70.2 Å². The number of rotatable bonds is 8. The molecule has 0 saturated heterocycles. The van der Waals surface area contributed by atoms with Crippen LogP contribution in [0.2, 0.25) is 0 Å². The Kier molecular flexibility index (Phi) is 7.30. The Morgan fingerprint density at radius 3 is 1.39 bits per heavy atom. The lowest BCUT2D eigenvalue weighted by molar-refractivity contribution is -0.136. The van der Waals surface area contributed by atoms with Gasteiger partial charge in [-0.1, -0.05) is 20.8 Å². The van der Waals surface area contributed by atoms with Crippen LogP contribution in [-0.4, -0.2) is 49.6 Å². The Hall–Kier alpha value is -0.220. The molecule has 0 aromatic rings. The van der Waals surface area contributed by atoms with Gasteiger partial charge in [0.15, 0.2) is 23.2 Å². The fourth-order valence-electron chi connectivity index (χ4n) is 2.51. The van der Waals surface area contributed by atoms with Gasteiger partial charge in [-0.15, -0.1) is 0 Å². The minimum Gasteiger partial charge on any atom is -0.478 e. The highest BCUT2D eigenvalue weighted by Crippen LogP contribution is 2.73. The maximum absolute atomic E-state index is 11.3. The Morgan fingerprint density at radius 1 is 0.944 bits per heavy atom. The lowest BCUT2D eigenvalue weighted by atomic mass is 10.5. The normalized spacial score (nSPS) is 21.7. The first-order chi connectivity index (χ1) is 8.30. The number of carboxylic acid groups (broad SMARTS) is 1. The highest BCUT2D eigenvalue weighted by atomic mass is 31.2. The third-order valence-electron chi connectivity index (χ3n) is 3.67. The van der Waals surface area contributed by atoms with E-state index in [-0.39, 0.29) is 0 Å². The van der Waals surface area contributed by atoms with E-state index in [2.05, 4.69) is 0 Å². The molecule has 0 aromatic carbocycles. The summed E-state index contributed by atoms with van der Waals surface area (Å²) in [6.45, 7) is 6.68. The monoisotopic (exact) mass is 281 g/mol. The van der Waals surface area contributed by atoms with Gasteiger partial charge in [-0.3, -0.25) is 0 Å². The van der Waals surface area contributed by atoms with Crippen molar-refractivity contribution in [2.75, 3.05) is 0 Å². The molecular formula is C12H26O5P+. The van der Waals surface area contributed by atoms with Crippen LogP contribution in [0.4, 0.5) is 0 Å². The molecule has 0 aliphatic rings. The summed E-state index contributed by atoms with van der Waals surface area (Å²) in [6.07, 6.45) is 0.999. The molecule has 0 spiro atoms. The van der Waals surface area contributed by atoms with Crippen LogP contribution in [0, 0.1) is 0 Å². The zero-order valence-corrected chi connectivity index (χ0v) is 12.5.